The maximum absolute atomic E-state index is 5.19. The van der Waals surface area contributed by atoms with E-state index in [0.717, 1.165) is 12.5 Å². The predicted octanol–water partition coefficient (Wildman–Crippen LogP) is 4.81. The van der Waals surface area contributed by atoms with Gasteiger partial charge in [0.1, 0.15) is 0 Å². The van der Waals surface area contributed by atoms with Crippen LogP contribution < -0.4 is 0 Å². The molecule has 0 heterocycles. The molecule has 0 bridgehead atoms. The molecule has 0 amide bonds. The average Bonchev–Trinajstić information content (AvgIpc) is 2.81. The van der Waals surface area contributed by atoms with Gasteiger partial charge in [0.25, 0.3) is 0 Å². The van der Waals surface area contributed by atoms with Crippen molar-refractivity contribution in [2.45, 2.75) is 51.9 Å². The minimum absolute atomic E-state index is 0.782. The van der Waals surface area contributed by atoms with E-state index in [0.29, 0.717) is 0 Å². The Bertz CT molecular complexity index is 360. The molecule has 2 aliphatic carbocycles. The number of methoxy groups -OCH3 is 1. The number of ether oxygens (including phenoxy) is 1. The fourth-order valence-corrected chi connectivity index (χ4v) is 3.17. The Morgan fingerprint density at radius 3 is 2.94 bits per heavy atom. The molecule has 0 saturated heterocycles. The quantitative estimate of drug-likeness (QED) is 0.586. The first-order valence-corrected chi connectivity index (χ1v) is 7.43. The van der Waals surface area contributed by atoms with Gasteiger partial charge in [-0.2, -0.15) is 0 Å². The number of hydrogen-bond donors (Lipinski definition) is 0. The highest BCUT2D eigenvalue weighted by Gasteiger charge is 2.21. The molecule has 2 aliphatic rings. The van der Waals surface area contributed by atoms with Crippen molar-refractivity contribution in [1.29, 1.82) is 0 Å². The van der Waals surface area contributed by atoms with E-state index < -0.39 is 0 Å². The summed E-state index contributed by atoms with van der Waals surface area (Å²) in [6.45, 7) is 3.20. The lowest BCUT2D eigenvalue weighted by Crippen LogP contribution is -2.05. The van der Waals surface area contributed by atoms with E-state index in [1.807, 2.05) is 0 Å². The maximum Gasteiger partial charge on any atom is 0.0462 e. The first kappa shape index (κ1) is 13.6. The smallest absolute Gasteiger partial charge is 0.0462 e. The number of rotatable bonds is 7. The van der Waals surface area contributed by atoms with Crippen LogP contribution in [-0.2, 0) is 4.74 Å². The molecule has 0 saturated carbocycles. The maximum atomic E-state index is 5.19. The fraction of sp³-hybridized carbons (Fsp3) is 0.647. The second kappa shape index (κ2) is 6.94. The molecule has 0 fully saturated rings. The monoisotopic (exact) mass is 246 g/mol. The van der Waals surface area contributed by atoms with Crippen molar-refractivity contribution < 1.29 is 4.74 Å². The first-order chi connectivity index (χ1) is 8.85. The molecule has 0 aromatic carbocycles. The van der Waals surface area contributed by atoms with Gasteiger partial charge in [-0.25, -0.2) is 0 Å². The summed E-state index contributed by atoms with van der Waals surface area (Å²) >= 11 is 0. The van der Waals surface area contributed by atoms with Gasteiger partial charge in [-0.05, 0) is 50.0 Å². The van der Waals surface area contributed by atoms with Gasteiger partial charge < -0.3 is 4.74 Å². The zero-order chi connectivity index (χ0) is 12.8. The SMILES string of the molecule is CCCC(CCCOC)C1=CC2=C(CCC=C2)C1. The van der Waals surface area contributed by atoms with Gasteiger partial charge in [0.15, 0.2) is 0 Å². The van der Waals surface area contributed by atoms with Gasteiger partial charge in [-0.1, -0.05) is 42.7 Å². The second-order valence-corrected chi connectivity index (χ2v) is 5.52. The molecule has 0 aromatic heterocycles. The molecule has 18 heavy (non-hydrogen) atoms. The summed E-state index contributed by atoms with van der Waals surface area (Å²) in [5.74, 6) is 0.782. The van der Waals surface area contributed by atoms with Crippen molar-refractivity contribution in [1.82, 2.24) is 0 Å². The van der Waals surface area contributed by atoms with Gasteiger partial charge in [0.2, 0.25) is 0 Å². The molecule has 0 N–H and O–H groups in total. The van der Waals surface area contributed by atoms with Crippen LogP contribution in [0.3, 0.4) is 0 Å². The summed E-state index contributed by atoms with van der Waals surface area (Å²) in [6.07, 6.45) is 16.0. The average molecular weight is 246 g/mol. The zero-order valence-corrected chi connectivity index (χ0v) is 11.9. The molecule has 1 heteroatoms. The molecule has 0 aromatic rings. The van der Waals surface area contributed by atoms with Crippen LogP contribution in [0.25, 0.3) is 0 Å². The normalized spacial score (nSPS) is 20.0. The van der Waals surface area contributed by atoms with Crippen LogP contribution in [0.1, 0.15) is 51.9 Å². The Labute approximate surface area is 112 Å². The Hall–Kier alpha value is -0.820. The lowest BCUT2D eigenvalue weighted by atomic mass is 9.88. The van der Waals surface area contributed by atoms with Crippen LogP contribution in [0.2, 0.25) is 0 Å². The lowest BCUT2D eigenvalue weighted by Gasteiger charge is -2.18. The minimum atomic E-state index is 0.782. The predicted molar refractivity (Wildman–Crippen MR) is 77.6 cm³/mol. The van der Waals surface area contributed by atoms with Crippen molar-refractivity contribution in [3.8, 4) is 0 Å². The third-order valence-electron chi connectivity index (χ3n) is 4.14. The van der Waals surface area contributed by atoms with Crippen LogP contribution in [0.4, 0.5) is 0 Å². The number of allylic oxidation sites excluding steroid dienone is 6. The van der Waals surface area contributed by atoms with E-state index in [-0.39, 0.29) is 0 Å². The van der Waals surface area contributed by atoms with Gasteiger partial charge in [-0.3, -0.25) is 0 Å². The summed E-state index contributed by atoms with van der Waals surface area (Å²) < 4.78 is 5.19. The summed E-state index contributed by atoms with van der Waals surface area (Å²) in [4.78, 5) is 0. The molecule has 0 radical (unpaired) electrons. The van der Waals surface area contributed by atoms with E-state index in [9.17, 15) is 0 Å². The van der Waals surface area contributed by atoms with E-state index in [1.54, 1.807) is 18.3 Å². The Kier molecular flexibility index (Phi) is 5.25. The molecule has 0 aliphatic heterocycles. The summed E-state index contributed by atoms with van der Waals surface area (Å²) in [6, 6.07) is 0. The Morgan fingerprint density at radius 1 is 1.33 bits per heavy atom. The van der Waals surface area contributed by atoms with E-state index in [2.05, 4.69) is 25.2 Å². The molecule has 2 rings (SSSR count). The van der Waals surface area contributed by atoms with Crippen LogP contribution >= 0.6 is 0 Å². The molecular formula is C17H26O. The highest BCUT2D eigenvalue weighted by molar-refractivity contribution is 5.48. The molecule has 0 spiro atoms. The topological polar surface area (TPSA) is 9.23 Å². The van der Waals surface area contributed by atoms with Gasteiger partial charge in [0, 0.05) is 13.7 Å². The van der Waals surface area contributed by atoms with Crippen molar-refractivity contribution in [2.24, 2.45) is 5.92 Å². The van der Waals surface area contributed by atoms with Crippen LogP contribution in [0.5, 0.6) is 0 Å². The standard InChI is InChI=1S/C17H26O/c1-3-7-14(10-6-11-18-2)17-12-15-8-4-5-9-16(15)13-17/h4,8,12,14H,3,5-7,9-11,13H2,1-2H3. The van der Waals surface area contributed by atoms with E-state index >= 15 is 0 Å². The van der Waals surface area contributed by atoms with Crippen LogP contribution in [0.15, 0.2) is 34.9 Å². The number of hydrogen-bond acceptors (Lipinski definition) is 1. The largest absolute Gasteiger partial charge is 0.385 e. The highest BCUT2D eigenvalue weighted by atomic mass is 16.5. The lowest BCUT2D eigenvalue weighted by molar-refractivity contribution is 0.188. The van der Waals surface area contributed by atoms with E-state index in [1.165, 1.54) is 50.5 Å². The highest BCUT2D eigenvalue weighted by Crippen LogP contribution is 2.38. The Balaban J connectivity index is 1.94. The molecular weight excluding hydrogens is 220 g/mol. The van der Waals surface area contributed by atoms with Crippen LogP contribution in [0, 0.1) is 5.92 Å². The minimum Gasteiger partial charge on any atom is -0.385 e. The summed E-state index contributed by atoms with van der Waals surface area (Å²) in [5, 5.41) is 0. The van der Waals surface area contributed by atoms with Crippen LogP contribution in [-0.4, -0.2) is 13.7 Å². The molecule has 1 atom stereocenters. The first-order valence-electron chi connectivity index (χ1n) is 7.43. The third-order valence-corrected chi connectivity index (χ3v) is 4.14. The molecule has 100 valence electrons. The summed E-state index contributed by atoms with van der Waals surface area (Å²) in [5.41, 5.74) is 4.88. The van der Waals surface area contributed by atoms with Gasteiger partial charge in [0.05, 0.1) is 0 Å². The van der Waals surface area contributed by atoms with Crippen molar-refractivity contribution >= 4 is 0 Å². The van der Waals surface area contributed by atoms with Gasteiger partial charge in [-0.15, -0.1) is 0 Å². The van der Waals surface area contributed by atoms with Crippen molar-refractivity contribution in [3.63, 3.8) is 0 Å². The van der Waals surface area contributed by atoms with E-state index in [4.69, 9.17) is 4.74 Å². The zero-order valence-electron chi connectivity index (χ0n) is 11.9. The Morgan fingerprint density at radius 2 is 2.22 bits per heavy atom. The van der Waals surface area contributed by atoms with Crippen molar-refractivity contribution in [3.05, 3.63) is 34.9 Å². The molecule has 1 nitrogen and oxygen atoms in total. The second-order valence-electron chi connectivity index (χ2n) is 5.52. The summed E-state index contributed by atoms with van der Waals surface area (Å²) in [7, 11) is 1.80. The fourth-order valence-electron chi connectivity index (χ4n) is 3.17. The van der Waals surface area contributed by atoms with Crippen molar-refractivity contribution in [2.75, 3.05) is 13.7 Å². The molecule has 1 unspecified atom stereocenters. The third kappa shape index (κ3) is 3.35. The van der Waals surface area contributed by atoms with Gasteiger partial charge >= 0.3 is 0 Å².